The summed E-state index contributed by atoms with van der Waals surface area (Å²) in [6.07, 6.45) is 0. The molecule has 0 amide bonds. The van der Waals surface area contributed by atoms with Crippen molar-refractivity contribution < 1.29 is 0 Å². The molecule has 1 aliphatic carbocycles. The molecule has 55 heavy (non-hydrogen) atoms. The summed E-state index contributed by atoms with van der Waals surface area (Å²) in [5, 5.41) is 0. The Bertz CT molecular complexity index is 2680. The lowest BCUT2D eigenvalue weighted by Crippen LogP contribution is -2.28. The van der Waals surface area contributed by atoms with Gasteiger partial charge in [-0.1, -0.05) is 206 Å². The van der Waals surface area contributed by atoms with Crippen molar-refractivity contribution in [1.82, 2.24) is 9.97 Å². The van der Waals surface area contributed by atoms with Crippen LogP contribution in [0.1, 0.15) is 22.3 Å². The summed E-state index contributed by atoms with van der Waals surface area (Å²) in [7, 11) is 0. The van der Waals surface area contributed by atoms with Gasteiger partial charge in [0.1, 0.15) is 0 Å². The fourth-order valence-corrected chi connectivity index (χ4v) is 8.50. The van der Waals surface area contributed by atoms with E-state index < -0.39 is 5.41 Å². The molecule has 0 bridgehead atoms. The Balaban J connectivity index is 1.07. The van der Waals surface area contributed by atoms with Crippen LogP contribution in [-0.2, 0) is 5.41 Å². The zero-order valence-corrected chi connectivity index (χ0v) is 30.2. The van der Waals surface area contributed by atoms with Crippen LogP contribution in [0.2, 0.25) is 0 Å². The van der Waals surface area contributed by atoms with Gasteiger partial charge in [0.2, 0.25) is 0 Å². The van der Waals surface area contributed by atoms with Gasteiger partial charge in [0, 0.05) is 16.7 Å². The largest absolute Gasteiger partial charge is 0.228 e. The smallest absolute Gasteiger partial charge is 0.160 e. The van der Waals surface area contributed by atoms with Gasteiger partial charge in [-0.2, -0.15) is 0 Å². The first-order valence-corrected chi connectivity index (χ1v) is 18.8. The molecule has 2 heteroatoms. The molecule has 10 rings (SSSR count). The van der Waals surface area contributed by atoms with Crippen LogP contribution in [0.5, 0.6) is 0 Å². The van der Waals surface area contributed by atoms with Gasteiger partial charge in [0.25, 0.3) is 0 Å². The van der Waals surface area contributed by atoms with E-state index in [4.69, 9.17) is 9.97 Å². The Morgan fingerprint density at radius 1 is 0.291 bits per heavy atom. The molecule has 1 aliphatic rings. The molecule has 0 unspecified atom stereocenters. The summed E-state index contributed by atoms with van der Waals surface area (Å²) in [6.45, 7) is 0. The van der Waals surface area contributed by atoms with Gasteiger partial charge < -0.3 is 0 Å². The highest BCUT2D eigenvalue weighted by Crippen LogP contribution is 2.58. The molecule has 1 heterocycles. The van der Waals surface area contributed by atoms with E-state index in [2.05, 4.69) is 182 Å². The first-order chi connectivity index (χ1) is 27.3. The minimum Gasteiger partial charge on any atom is -0.228 e. The van der Waals surface area contributed by atoms with E-state index in [1.54, 1.807) is 0 Å². The van der Waals surface area contributed by atoms with Crippen molar-refractivity contribution in [2.45, 2.75) is 5.41 Å². The zero-order valence-electron chi connectivity index (χ0n) is 30.2. The molecule has 0 radical (unpaired) electrons. The highest BCUT2D eigenvalue weighted by atomic mass is 14.9. The molecule has 258 valence electrons. The summed E-state index contributed by atoms with van der Waals surface area (Å²) in [4.78, 5) is 10.1. The van der Waals surface area contributed by atoms with Crippen molar-refractivity contribution in [3.63, 3.8) is 0 Å². The predicted octanol–water partition coefficient (Wildman–Crippen LogP) is 13.2. The summed E-state index contributed by atoms with van der Waals surface area (Å²) in [6, 6.07) is 78.1. The molecular weight excluding hydrogens is 665 g/mol. The van der Waals surface area contributed by atoms with Gasteiger partial charge in [-0.15, -0.1) is 0 Å². The van der Waals surface area contributed by atoms with Crippen LogP contribution in [0.4, 0.5) is 0 Å². The number of benzene rings is 8. The standard InChI is InChI=1S/C53H36N2/c1-5-17-38(18-6-1)49-36-50(39-19-7-2-8-20-39)55-52(54-49)40-33-31-37(32-34-40)41-21-15-22-42(35-41)45-28-16-30-48-51(45)46-27-13-14-29-47(46)53(48,43-23-9-3-10-24-43)44-25-11-4-12-26-44/h1-36H. The second-order valence-electron chi connectivity index (χ2n) is 14.1. The second kappa shape index (κ2) is 13.7. The van der Waals surface area contributed by atoms with Crippen molar-refractivity contribution in [3.8, 4) is 67.3 Å². The molecule has 0 spiro atoms. The number of nitrogens with zero attached hydrogens (tertiary/aromatic N) is 2. The summed E-state index contributed by atoms with van der Waals surface area (Å²) < 4.78 is 0. The Morgan fingerprint density at radius 2 is 0.745 bits per heavy atom. The highest BCUT2D eigenvalue weighted by Gasteiger charge is 2.46. The van der Waals surface area contributed by atoms with Crippen molar-refractivity contribution in [2.24, 2.45) is 0 Å². The Kier molecular flexibility index (Phi) is 8.08. The van der Waals surface area contributed by atoms with Gasteiger partial charge in [0.05, 0.1) is 16.8 Å². The lowest BCUT2D eigenvalue weighted by atomic mass is 9.67. The summed E-state index contributed by atoms with van der Waals surface area (Å²) >= 11 is 0. The molecule has 0 saturated heterocycles. The monoisotopic (exact) mass is 700 g/mol. The third kappa shape index (κ3) is 5.59. The average molecular weight is 701 g/mol. The van der Waals surface area contributed by atoms with Gasteiger partial charge in [-0.3, -0.25) is 0 Å². The van der Waals surface area contributed by atoms with Crippen LogP contribution >= 0.6 is 0 Å². The Hall–Kier alpha value is -7.16. The van der Waals surface area contributed by atoms with Crippen molar-refractivity contribution >= 4 is 0 Å². The van der Waals surface area contributed by atoms with E-state index >= 15 is 0 Å². The minimum absolute atomic E-state index is 0.432. The Morgan fingerprint density at radius 3 is 1.36 bits per heavy atom. The lowest BCUT2D eigenvalue weighted by Gasteiger charge is -2.34. The fourth-order valence-electron chi connectivity index (χ4n) is 8.50. The molecule has 0 saturated carbocycles. The molecular formula is C53H36N2. The number of hydrogen-bond donors (Lipinski definition) is 0. The van der Waals surface area contributed by atoms with Crippen LogP contribution in [0.15, 0.2) is 218 Å². The number of rotatable bonds is 7. The molecule has 9 aromatic rings. The summed E-state index contributed by atoms with van der Waals surface area (Å²) in [5.74, 6) is 0.708. The van der Waals surface area contributed by atoms with E-state index in [0.717, 1.165) is 39.2 Å². The van der Waals surface area contributed by atoms with E-state index in [-0.39, 0.29) is 0 Å². The van der Waals surface area contributed by atoms with Crippen molar-refractivity contribution in [3.05, 3.63) is 241 Å². The highest BCUT2D eigenvalue weighted by molar-refractivity contribution is 5.96. The normalized spacial score (nSPS) is 12.5. The van der Waals surface area contributed by atoms with Crippen LogP contribution in [0.3, 0.4) is 0 Å². The first kappa shape index (κ1) is 32.5. The fraction of sp³-hybridized carbons (Fsp3) is 0.0189. The molecule has 0 atom stereocenters. The van der Waals surface area contributed by atoms with E-state index in [1.807, 2.05) is 36.4 Å². The van der Waals surface area contributed by atoms with Crippen molar-refractivity contribution in [2.75, 3.05) is 0 Å². The maximum atomic E-state index is 5.05. The van der Waals surface area contributed by atoms with Crippen LogP contribution in [0.25, 0.3) is 67.3 Å². The minimum atomic E-state index is -0.432. The third-order valence-corrected chi connectivity index (χ3v) is 11.0. The van der Waals surface area contributed by atoms with E-state index in [1.165, 1.54) is 44.5 Å². The Labute approximate surface area is 322 Å². The third-order valence-electron chi connectivity index (χ3n) is 11.0. The number of fused-ring (bicyclic) bond motifs is 3. The van der Waals surface area contributed by atoms with Gasteiger partial charge in [0.15, 0.2) is 5.82 Å². The average Bonchev–Trinajstić information content (AvgIpc) is 3.59. The molecule has 0 aliphatic heterocycles. The van der Waals surface area contributed by atoms with Gasteiger partial charge in [-0.05, 0) is 67.8 Å². The molecule has 2 nitrogen and oxygen atoms in total. The molecule has 0 N–H and O–H groups in total. The maximum absolute atomic E-state index is 5.05. The predicted molar refractivity (Wildman–Crippen MR) is 227 cm³/mol. The van der Waals surface area contributed by atoms with Gasteiger partial charge >= 0.3 is 0 Å². The number of aromatic nitrogens is 2. The first-order valence-electron chi connectivity index (χ1n) is 18.8. The number of hydrogen-bond acceptors (Lipinski definition) is 2. The molecule has 8 aromatic carbocycles. The van der Waals surface area contributed by atoms with Crippen LogP contribution < -0.4 is 0 Å². The quantitative estimate of drug-likeness (QED) is 0.165. The van der Waals surface area contributed by atoms with Crippen molar-refractivity contribution in [1.29, 1.82) is 0 Å². The SMILES string of the molecule is c1ccc(-c2cc(-c3ccccc3)nc(-c3ccc(-c4cccc(-c5cccc6c5-c5ccccc5C6(c5ccccc5)c5ccccc5)c4)cc3)n2)cc1. The van der Waals surface area contributed by atoms with E-state index in [0.29, 0.717) is 5.82 Å². The van der Waals surface area contributed by atoms with E-state index in [9.17, 15) is 0 Å². The topological polar surface area (TPSA) is 25.8 Å². The maximum Gasteiger partial charge on any atom is 0.160 e. The van der Waals surface area contributed by atoms with Crippen LogP contribution in [-0.4, -0.2) is 9.97 Å². The summed E-state index contributed by atoms with van der Waals surface area (Å²) in [5.41, 5.74) is 17.0. The molecule has 1 aromatic heterocycles. The second-order valence-corrected chi connectivity index (χ2v) is 14.1. The molecule has 0 fully saturated rings. The van der Waals surface area contributed by atoms with Gasteiger partial charge in [-0.25, -0.2) is 9.97 Å². The lowest BCUT2D eigenvalue weighted by molar-refractivity contribution is 0.768. The van der Waals surface area contributed by atoms with Crippen LogP contribution in [0, 0.1) is 0 Å². The zero-order chi connectivity index (χ0) is 36.6.